The molecule has 0 aliphatic carbocycles. The van der Waals surface area contributed by atoms with Crippen LogP contribution in [0.3, 0.4) is 0 Å². The van der Waals surface area contributed by atoms with Crippen molar-refractivity contribution in [1.29, 1.82) is 0 Å². The maximum absolute atomic E-state index is 13.6. The van der Waals surface area contributed by atoms with E-state index in [1.807, 2.05) is 48.5 Å². The minimum atomic E-state index is -1.20. The number of fused-ring (bicyclic) bond motifs is 1. The summed E-state index contributed by atoms with van der Waals surface area (Å²) in [6.07, 6.45) is 1.47. The number of nitrogens with one attached hydrogen (secondary N) is 3. The summed E-state index contributed by atoms with van der Waals surface area (Å²) in [7, 11) is 4.73. The van der Waals surface area contributed by atoms with Gasteiger partial charge in [0.2, 0.25) is 17.7 Å². The summed E-state index contributed by atoms with van der Waals surface area (Å²) < 4.78 is 16.8. The number of hydrogen-bond acceptors (Lipinski definition) is 8. The van der Waals surface area contributed by atoms with Crippen LogP contribution in [0.5, 0.6) is 17.2 Å². The number of likely N-dealkylation sites (N-methyl/N-ethyl adjacent to an activating group) is 1. The lowest BCUT2D eigenvalue weighted by atomic mass is 10.0. The molecule has 0 bridgehead atoms. The van der Waals surface area contributed by atoms with Crippen molar-refractivity contribution in [2.24, 2.45) is 0 Å². The van der Waals surface area contributed by atoms with E-state index in [-0.39, 0.29) is 30.8 Å². The highest BCUT2D eigenvalue weighted by Crippen LogP contribution is 2.28. The van der Waals surface area contributed by atoms with Crippen molar-refractivity contribution >= 4 is 23.6 Å². The number of amides is 4. The molecule has 1 aliphatic heterocycles. The summed E-state index contributed by atoms with van der Waals surface area (Å²) in [6, 6.07) is 19.1. The fourth-order valence-corrected chi connectivity index (χ4v) is 5.48. The molecule has 0 saturated carbocycles. The third-order valence-corrected chi connectivity index (χ3v) is 8.26. The van der Waals surface area contributed by atoms with Gasteiger partial charge >= 0.3 is 0 Å². The molecule has 4 rings (SSSR count). The van der Waals surface area contributed by atoms with Crippen LogP contribution in [0, 0.1) is 0 Å². The van der Waals surface area contributed by atoms with Crippen molar-refractivity contribution in [3.63, 3.8) is 0 Å². The first kappa shape index (κ1) is 35.7. The van der Waals surface area contributed by atoms with Crippen molar-refractivity contribution in [2.45, 2.75) is 50.2 Å². The van der Waals surface area contributed by atoms with E-state index in [4.69, 9.17) is 14.2 Å². The maximum Gasteiger partial charge on any atom is 0.255 e. The lowest BCUT2D eigenvalue weighted by molar-refractivity contribution is -0.138. The van der Waals surface area contributed by atoms with E-state index in [1.165, 1.54) is 4.90 Å². The molecule has 0 spiro atoms. The monoisotopic (exact) mass is 660 g/mol. The van der Waals surface area contributed by atoms with Gasteiger partial charge in [0.1, 0.15) is 24.4 Å². The molecule has 12 heteroatoms. The highest BCUT2D eigenvalue weighted by Gasteiger charge is 2.31. The van der Waals surface area contributed by atoms with Crippen LogP contribution in [0.25, 0.3) is 0 Å². The molecular formula is C36H44N4O8. The predicted octanol–water partition coefficient (Wildman–Crippen LogP) is 2.27. The number of aryl methyl sites for hydroxylation is 1. The second-order valence-corrected chi connectivity index (χ2v) is 11.6. The Morgan fingerprint density at radius 3 is 2.42 bits per heavy atom. The molecule has 256 valence electrons. The molecule has 1 aliphatic rings. The summed E-state index contributed by atoms with van der Waals surface area (Å²) in [5.74, 6) is -0.500. The summed E-state index contributed by atoms with van der Waals surface area (Å²) >= 11 is 0. The Kier molecular flexibility index (Phi) is 13.2. The molecule has 0 unspecified atom stereocenters. The first-order valence-electron chi connectivity index (χ1n) is 16.0. The lowest BCUT2D eigenvalue weighted by Crippen LogP contribution is -2.54. The number of methoxy groups -OCH3 is 2. The molecule has 3 aromatic carbocycles. The van der Waals surface area contributed by atoms with Crippen LogP contribution in [-0.2, 0) is 27.2 Å². The van der Waals surface area contributed by atoms with Gasteiger partial charge in [-0.25, -0.2) is 0 Å². The number of carbonyl (C=O) groups excluding carboxylic acids is 4. The van der Waals surface area contributed by atoms with Crippen LogP contribution in [0.2, 0.25) is 0 Å². The third kappa shape index (κ3) is 9.71. The van der Waals surface area contributed by atoms with Gasteiger partial charge in [-0.05, 0) is 61.1 Å². The topological polar surface area (TPSA) is 156 Å². The summed E-state index contributed by atoms with van der Waals surface area (Å²) in [5.41, 5.74) is 2.17. The van der Waals surface area contributed by atoms with E-state index >= 15 is 0 Å². The van der Waals surface area contributed by atoms with Crippen LogP contribution in [-0.4, -0.2) is 92.8 Å². The summed E-state index contributed by atoms with van der Waals surface area (Å²) in [5, 5.41) is 18.3. The standard InChI is InChI=1S/C36H44N4O8/c1-40-26(20-24-10-5-4-6-11-24)23-48-30-14-8-7-13-27(30)34(43)39-28(16-18-33(42)38-29(22-41)36(40)45)35(44)37-19-9-12-25-15-17-31(46-2)32(21-25)47-3/h4-8,10-11,13-15,17,21,26,28-29,41H,9,12,16,18-20,22-23H2,1-3H3,(H,37,44)(H,38,42)(H,39,43)/t26-,28+,29+/m1/s1. The van der Waals surface area contributed by atoms with E-state index in [0.29, 0.717) is 37.3 Å². The van der Waals surface area contributed by atoms with E-state index < -0.39 is 48.4 Å². The molecule has 0 aromatic heterocycles. The maximum atomic E-state index is 13.6. The Balaban J connectivity index is 1.51. The van der Waals surface area contributed by atoms with Crippen LogP contribution in [0.4, 0.5) is 0 Å². The van der Waals surface area contributed by atoms with Gasteiger partial charge in [0.05, 0.1) is 32.4 Å². The number of rotatable bonds is 10. The van der Waals surface area contributed by atoms with Crippen molar-refractivity contribution in [1.82, 2.24) is 20.9 Å². The van der Waals surface area contributed by atoms with Crippen molar-refractivity contribution in [3.05, 3.63) is 89.5 Å². The number of benzene rings is 3. The zero-order chi connectivity index (χ0) is 34.5. The average Bonchev–Trinajstić information content (AvgIpc) is 3.11. The Morgan fingerprint density at radius 2 is 1.69 bits per heavy atom. The normalized spacial score (nSPS) is 19.0. The molecule has 3 atom stereocenters. The number of carbonyl (C=O) groups is 4. The SMILES string of the molecule is COc1ccc(CCCNC(=O)[C@@H]2CCC(=O)N[C@@H](CO)C(=O)N(C)[C@H](Cc3ccccc3)COc3ccccc3C(=O)N2)cc1OC. The van der Waals surface area contributed by atoms with Crippen molar-refractivity contribution < 1.29 is 38.5 Å². The van der Waals surface area contributed by atoms with Crippen LogP contribution in [0.1, 0.15) is 40.7 Å². The van der Waals surface area contributed by atoms with Crippen molar-refractivity contribution in [3.8, 4) is 17.2 Å². The fraction of sp³-hybridized carbons (Fsp3) is 0.389. The van der Waals surface area contributed by atoms with Gasteiger partial charge in [0.25, 0.3) is 5.91 Å². The number of nitrogens with zero attached hydrogens (tertiary/aromatic N) is 1. The Morgan fingerprint density at radius 1 is 0.958 bits per heavy atom. The predicted molar refractivity (Wildman–Crippen MR) is 179 cm³/mol. The van der Waals surface area contributed by atoms with Gasteiger partial charge in [0, 0.05) is 20.0 Å². The van der Waals surface area contributed by atoms with Gasteiger partial charge in [-0.1, -0.05) is 48.5 Å². The van der Waals surface area contributed by atoms with Gasteiger partial charge < -0.3 is 40.2 Å². The molecule has 4 amide bonds. The molecule has 4 N–H and O–H groups in total. The highest BCUT2D eigenvalue weighted by molar-refractivity contribution is 5.99. The molecule has 0 radical (unpaired) electrons. The summed E-state index contributed by atoms with van der Waals surface area (Å²) in [4.78, 5) is 54.9. The van der Waals surface area contributed by atoms with E-state index in [2.05, 4.69) is 16.0 Å². The van der Waals surface area contributed by atoms with E-state index in [0.717, 1.165) is 11.1 Å². The third-order valence-electron chi connectivity index (χ3n) is 8.26. The molecule has 3 aromatic rings. The Hall–Kier alpha value is -5.10. The van der Waals surface area contributed by atoms with Crippen LogP contribution >= 0.6 is 0 Å². The van der Waals surface area contributed by atoms with E-state index in [9.17, 15) is 24.3 Å². The molecule has 0 saturated heterocycles. The molecule has 0 fully saturated rings. The first-order chi connectivity index (χ1) is 23.2. The average molecular weight is 661 g/mol. The second-order valence-electron chi connectivity index (χ2n) is 11.6. The minimum Gasteiger partial charge on any atom is -0.493 e. The number of aliphatic hydroxyl groups excluding tert-OH is 1. The number of para-hydroxylation sites is 1. The smallest absolute Gasteiger partial charge is 0.255 e. The summed E-state index contributed by atoms with van der Waals surface area (Å²) in [6.45, 7) is -0.267. The fourth-order valence-electron chi connectivity index (χ4n) is 5.48. The first-order valence-corrected chi connectivity index (χ1v) is 16.0. The molecule has 1 heterocycles. The number of ether oxygens (including phenoxy) is 3. The van der Waals surface area contributed by atoms with Gasteiger partial charge in [-0.3, -0.25) is 19.2 Å². The minimum absolute atomic E-state index is 0.0253. The van der Waals surface area contributed by atoms with Gasteiger partial charge in [0.15, 0.2) is 11.5 Å². The number of aliphatic hydroxyl groups is 1. The zero-order valence-corrected chi connectivity index (χ0v) is 27.6. The quantitative estimate of drug-likeness (QED) is 0.242. The molecule has 48 heavy (non-hydrogen) atoms. The zero-order valence-electron chi connectivity index (χ0n) is 27.6. The van der Waals surface area contributed by atoms with Crippen LogP contribution in [0.15, 0.2) is 72.8 Å². The highest BCUT2D eigenvalue weighted by atomic mass is 16.5. The van der Waals surface area contributed by atoms with E-state index in [1.54, 1.807) is 45.5 Å². The molecule has 12 nitrogen and oxygen atoms in total. The second kappa shape index (κ2) is 17.7. The Bertz CT molecular complexity index is 1550. The largest absolute Gasteiger partial charge is 0.493 e. The van der Waals surface area contributed by atoms with Gasteiger partial charge in [-0.2, -0.15) is 0 Å². The lowest BCUT2D eigenvalue weighted by Gasteiger charge is -2.31. The van der Waals surface area contributed by atoms with Gasteiger partial charge in [-0.15, -0.1) is 0 Å². The van der Waals surface area contributed by atoms with Crippen molar-refractivity contribution in [2.75, 3.05) is 41.0 Å². The van der Waals surface area contributed by atoms with Crippen LogP contribution < -0.4 is 30.2 Å². The Labute approximate surface area is 280 Å². The molecular weight excluding hydrogens is 616 g/mol. The number of hydrogen-bond donors (Lipinski definition) is 4.